The van der Waals surface area contributed by atoms with Gasteiger partial charge in [-0.3, -0.25) is 4.79 Å². The number of pyridine rings is 1. The summed E-state index contributed by atoms with van der Waals surface area (Å²) in [6.45, 7) is 11.9. The Hall–Kier alpha value is -2.18. The Morgan fingerprint density at radius 1 is 1.19 bits per heavy atom. The number of amides is 1. The third kappa shape index (κ3) is 3.52. The Bertz CT molecular complexity index is 888. The molecule has 0 bridgehead atoms. The third-order valence-corrected chi connectivity index (χ3v) is 5.85. The fourth-order valence-electron chi connectivity index (χ4n) is 3.26. The average molecular weight is 371 g/mol. The highest BCUT2D eigenvalue weighted by Gasteiger charge is 2.22. The van der Waals surface area contributed by atoms with Crippen LogP contribution >= 0.6 is 11.3 Å². The lowest BCUT2D eigenvalue weighted by molar-refractivity contribution is 0.0953. The van der Waals surface area contributed by atoms with E-state index in [1.165, 1.54) is 11.3 Å². The molecule has 0 aliphatic heterocycles. The van der Waals surface area contributed by atoms with Crippen LogP contribution in [0.2, 0.25) is 0 Å². The first-order chi connectivity index (χ1) is 12.6. The zero-order valence-electron chi connectivity index (χ0n) is 15.9. The largest absolute Gasteiger partial charge is 0.350 e. The van der Waals surface area contributed by atoms with Gasteiger partial charge >= 0.3 is 0 Å². The maximum atomic E-state index is 13.0. The monoisotopic (exact) mass is 370 g/mol. The molecule has 3 aromatic heterocycles. The number of hydrogen-bond donors (Lipinski definition) is 1. The Morgan fingerprint density at radius 3 is 2.54 bits per heavy atom. The van der Waals surface area contributed by atoms with Crippen molar-refractivity contribution in [2.45, 2.75) is 27.7 Å². The van der Waals surface area contributed by atoms with Crippen LogP contribution in [0.25, 0.3) is 15.9 Å². The zero-order valence-corrected chi connectivity index (χ0v) is 16.7. The van der Waals surface area contributed by atoms with Crippen molar-refractivity contribution in [2.24, 2.45) is 0 Å². The normalized spacial score (nSPS) is 11.4. The smallest absolute Gasteiger partial charge is 0.263 e. The van der Waals surface area contributed by atoms with E-state index >= 15 is 0 Å². The Kier molecular flexibility index (Phi) is 5.74. The summed E-state index contributed by atoms with van der Waals surface area (Å²) in [7, 11) is 0. The van der Waals surface area contributed by atoms with E-state index in [1.54, 1.807) is 6.20 Å². The van der Waals surface area contributed by atoms with Crippen LogP contribution in [0, 0.1) is 13.8 Å². The van der Waals surface area contributed by atoms with Gasteiger partial charge in [-0.25, -0.2) is 4.98 Å². The van der Waals surface area contributed by atoms with Gasteiger partial charge in [-0.05, 0) is 51.2 Å². The minimum Gasteiger partial charge on any atom is -0.350 e. The molecule has 0 unspecified atom stereocenters. The second-order valence-corrected chi connectivity index (χ2v) is 7.37. The molecule has 3 rings (SSSR count). The van der Waals surface area contributed by atoms with E-state index < -0.39 is 0 Å². The number of aryl methyl sites for hydroxylation is 2. The van der Waals surface area contributed by atoms with Gasteiger partial charge in [0.25, 0.3) is 5.91 Å². The molecule has 6 heteroatoms. The van der Waals surface area contributed by atoms with Crippen LogP contribution in [0.1, 0.15) is 34.9 Å². The summed E-state index contributed by atoms with van der Waals surface area (Å²) in [5.74, 6) is -0.0253. The predicted octanol–water partition coefficient (Wildman–Crippen LogP) is 3.78. The standard InChI is InChI=1S/C20H26N4OS/c1-5-23(6-2)13-12-21-19(25)18-17(24-14(3)9-10-15(24)4)16-8-7-11-22-20(16)26-18/h7-11H,5-6,12-13H2,1-4H3,(H,21,25). The molecule has 138 valence electrons. The summed E-state index contributed by atoms with van der Waals surface area (Å²) in [6.07, 6.45) is 1.78. The van der Waals surface area contributed by atoms with Crippen molar-refractivity contribution in [3.05, 3.63) is 46.7 Å². The van der Waals surface area contributed by atoms with Gasteiger partial charge in [0.05, 0.1) is 5.69 Å². The van der Waals surface area contributed by atoms with E-state index in [1.807, 2.05) is 12.1 Å². The summed E-state index contributed by atoms with van der Waals surface area (Å²) in [4.78, 5) is 21.3. The number of carbonyl (C=O) groups is 1. The molecule has 0 atom stereocenters. The highest BCUT2D eigenvalue weighted by molar-refractivity contribution is 7.21. The fourth-order valence-corrected chi connectivity index (χ4v) is 4.31. The van der Waals surface area contributed by atoms with Crippen LogP contribution in [-0.2, 0) is 0 Å². The predicted molar refractivity (Wildman–Crippen MR) is 109 cm³/mol. The molecule has 1 amide bonds. The first kappa shape index (κ1) is 18.6. The number of likely N-dealkylation sites (N-methyl/N-ethyl adjacent to an activating group) is 1. The van der Waals surface area contributed by atoms with E-state index in [0.29, 0.717) is 6.54 Å². The molecule has 0 aromatic carbocycles. The summed E-state index contributed by atoms with van der Waals surface area (Å²) >= 11 is 1.46. The maximum absolute atomic E-state index is 13.0. The number of nitrogens with one attached hydrogen (secondary N) is 1. The lowest BCUT2D eigenvalue weighted by Crippen LogP contribution is -2.34. The van der Waals surface area contributed by atoms with Crippen molar-refractivity contribution in [3.8, 4) is 5.69 Å². The number of aromatic nitrogens is 2. The molecule has 0 saturated heterocycles. The lowest BCUT2D eigenvalue weighted by Gasteiger charge is -2.18. The second-order valence-electron chi connectivity index (χ2n) is 6.37. The SMILES string of the molecule is CCN(CC)CCNC(=O)c1sc2ncccc2c1-n1c(C)ccc1C. The summed E-state index contributed by atoms with van der Waals surface area (Å²) in [5, 5.41) is 4.11. The summed E-state index contributed by atoms with van der Waals surface area (Å²) < 4.78 is 2.15. The Balaban J connectivity index is 1.96. The molecule has 0 radical (unpaired) electrons. The highest BCUT2D eigenvalue weighted by Crippen LogP contribution is 2.34. The van der Waals surface area contributed by atoms with Gasteiger partial charge in [0, 0.05) is 36.1 Å². The summed E-state index contributed by atoms with van der Waals surface area (Å²) in [6, 6.07) is 8.13. The maximum Gasteiger partial charge on any atom is 0.263 e. The van der Waals surface area contributed by atoms with Crippen LogP contribution < -0.4 is 5.32 Å². The average Bonchev–Trinajstić information content (AvgIpc) is 3.18. The minimum absolute atomic E-state index is 0.0253. The molecule has 5 nitrogen and oxygen atoms in total. The minimum atomic E-state index is -0.0253. The van der Waals surface area contributed by atoms with Gasteiger partial charge < -0.3 is 14.8 Å². The van der Waals surface area contributed by atoms with Crippen molar-refractivity contribution in [1.82, 2.24) is 19.8 Å². The van der Waals surface area contributed by atoms with Gasteiger partial charge in [-0.1, -0.05) is 13.8 Å². The topological polar surface area (TPSA) is 50.2 Å². The molecule has 26 heavy (non-hydrogen) atoms. The molecule has 0 aliphatic rings. The third-order valence-electron chi connectivity index (χ3n) is 4.75. The Labute approximate surface area is 158 Å². The van der Waals surface area contributed by atoms with Crippen LogP contribution in [-0.4, -0.2) is 46.5 Å². The van der Waals surface area contributed by atoms with Crippen LogP contribution in [0.5, 0.6) is 0 Å². The lowest BCUT2D eigenvalue weighted by atomic mass is 10.2. The fraction of sp³-hybridized carbons (Fsp3) is 0.400. The molecular formula is C20H26N4OS. The van der Waals surface area contributed by atoms with Crippen molar-refractivity contribution >= 4 is 27.5 Å². The van der Waals surface area contributed by atoms with E-state index in [2.05, 4.69) is 59.6 Å². The van der Waals surface area contributed by atoms with Crippen LogP contribution in [0.15, 0.2) is 30.5 Å². The van der Waals surface area contributed by atoms with E-state index in [4.69, 9.17) is 0 Å². The van der Waals surface area contributed by atoms with Gasteiger partial charge in [0.15, 0.2) is 0 Å². The van der Waals surface area contributed by atoms with Gasteiger partial charge in [0.1, 0.15) is 9.71 Å². The summed E-state index contributed by atoms with van der Waals surface area (Å²) in [5.41, 5.74) is 3.17. The quantitative estimate of drug-likeness (QED) is 0.689. The van der Waals surface area contributed by atoms with E-state index in [0.717, 1.165) is 51.8 Å². The number of carbonyl (C=O) groups excluding carboxylic acids is 1. The number of rotatable bonds is 7. The van der Waals surface area contributed by atoms with Gasteiger partial charge in [0.2, 0.25) is 0 Å². The number of fused-ring (bicyclic) bond motifs is 1. The molecular weight excluding hydrogens is 344 g/mol. The van der Waals surface area contributed by atoms with Crippen LogP contribution in [0.3, 0.4) is 0 Å². The molecule has 3 heterocycles. The molecule has 0 aliphatic carbocycles. The highest BCUT2D eigenvalue weighted by atomic mass is 32.1. The molecule has 0 fully saturated rings. The van der Waals surface area contributed by atoms with Crippen molar-refractivity contribution in [1.29, 1.82) is 0 Å². The van der Waals surface area contributed by atoms with Gasteiger partial charge in [-0.15, -0.1) is 11.3 Å². The van der Waals surface area contributed by atoms with Crippen molar-refractivity contribution in [2.75, 3.05) is 26.2 Å². The van der Waals surface area contributed by atoms with Crippen LogP contribution in [0.4, 0.5) is 0 Å². The Morgan fingerprint density at radius 2 is 1.88 bits per heavy atom. The molecule has 0 spiro atoms. The number of nitrogens with zero attached hydrogens (tertiary/aromatic N) is 3. The number of thiophene rings is 1. The number of hydrogen-bond acceptors (Lipinski definition) is 4. The van der Waals surface area contributed by atoms with E-state index in [-0.39, 0.29) is 5.91 Å². The van der Waals surface area contributed by atoms with Crippen molar-refractivity contribution in [3.63, 3.8) is 0 Å². The molecule has 0 saturated carbocycles. The first-order valence-corrected chi connectivity index (χ1v) is 9.91. The van der Waals surface area contributed by atoms with E-state index in [9.17, 15) is 4.79 Å². The van der Waals surface area contributed by atoms with Gasteiger partial charge in [-0.2, -0.15) is 0 Å². The zero-order chi connectivity index (χ0) is 18.7. The first-order valence-electron chi connectivity index (χ1n) is 9.10. The molecule has 3 aromatic rings. The molecule has 1 N–H and O–H groups in total. The van der Waals surface area contributed by atoms with Crippen molar-refractivity contribution < 1.29 is 4.79 Å². The second kappa shape index (κ2) is 8.01.